The van der Waals surface area contributed by atoms with Gasteiger partial charge in [0.05, 0.1) is 28.6 Å². The maximum atomic E-state index is 14.8. The largest absolute Gasteiger partial charge is 0.359 e. The molecule has 2 aromatic carbocycles. The Balaban J connectivity index is 1.73. The molecule has 2 unspecified atom stereocenters. The number of hydrogen-bond donors (Lipinski definition) is 2. The van der Waals surface area contributed by atoms with Crippen LogP contribution in [-0.4, -0.2) is 38.9 Å². The number of rotatable bonds is 6. The molecule has 0 spiro atoms. The summed E-state index contributed by atoms with van der Waals surface area (Å²) in [6.07, 6.45) is 0.840. The highest BCUT2D eigenvalue weighted by Crippen LogP contribution is 2.36. The Morgan fingerprint density at radius 3 is 2.53 bits per heavy atom. The van der Waals surface area contributed by atoms with E-state index in [1.807, 2.05) is 22.6 Å². The van der Waals surface area contributed by atoms with Crippen LogP contribution in [0.4, 0.5) is 10.1 Å². The standard InChI is InChI=1S/C27H27FIN5O4/c1-4-33-26(37)21-22(14(2)25(36)32(3)23(21)31-20-11-8-16(29)13-19(20)28)34(27(33)38)18-7-5-6-15(12-18)24(35)30-17-9-10-17/h5-8,11-14,17,23,31H,4,9-10H2,1-3H3,(H,30,35). The van der Waals surface area contributed by atoms with Crippen molar-refractivity contribution in [3.63, 3.8) is 0 Å². The second-order valence-corrected chi connectivity index (χ2v) is 10.9. The normalized spacial score (nSPS) is 18.8. The minimum Gasteiger partial charge on any atom is -0.359 e. The quantitative estimate of drug-likeness (QED) is 0.407. The monoisotopic (exact) mass is 631 g/mol. The summed E-state index contributed by atoms with van der Waals surface area (Å²) in [4.78, 5) is 54.9. The third-order valence-electron chi connectivity index (χ3n) is 7.02. The number of nitrogens with zero attached hydrogens (tertiary/aromatic N) is 3. The van der Waals surface area contributed by atoms with Crippen LogP contribution in [0.15, 0.2) is 52.1 Å². The number of aromatic nitrogens is 2. The highest BCUT2D eigenvalue weighted by Gasteiger charge is 2.41. The first-order valence-electron chi connectivity index (χ1n) is 12.4. The molecule has 2 heterocycles. The maximum Gasteiger partial charge on any atom is 0.335 e. The summed E-state index contributed by atoms with van der Waals surface area (Å²) in [5.41, 5.74) is 0.0739. The van der Waals surface area contributed by atoms with Gasteiger partial charge in [-0.3, -0.25) is 23.5 Å². The number of hydrogen-bond acceptors (Lipinski definition) is 5. The summed E-state index contributed by atoms with van der Waals surface area (Å²) < 4.78 is 17.9. The molecule has 2 atom stereocenters. The molecule has 1 fully saturated rings. The minimum atomic E-state index is -1.03. The topological polar surface area (TPSA) is 105 Å². The fraction of sp³-hybridized carbons (Fsp3) is 0.333. The molecule has 11 heteroatoms. The van der Waals surface area contributed by atoms with Crippen LogP contribution in [0, 0.1) is 9.39 Å². The van der Waals surface area contributed by atoms with Crippen LogP contribution in [0.5, 0.6) is 0 Å². The second-order valence-electron chi connectivity index (χ2n) is 9.61. The lowest BCUT2D eigenvalue weighted by atomic mass is 9.93. The molecule has 198 valence electrons. The van der Waals surface area contributed by atoms with Crippen molar-refractivity contribution < 1.29 is 14.0 Å². The molecule has 1 aromatic heterocycles. The molecular formula is C27H27FIN5O4. The number of anilines is 1. The minimum absolute atomic E-state index is 0.0868. The van der Waals surface area contributed by atoms with Gasteiger partial charge in [-0.2, -0.15) is 0 Å². The second kappa shape index (κ2) is 10.0. The zero-order chi connectivity index (χ0) is 27.3. The van der Waals surface area contributed by atoms with E-state index in [1.54, 1.807) is 50.2 Å². The molecular weight excluding hydrogens is 604 g/mol. The Morgan fingerprint density at radius 2 is 1.87 bits per heavy atom. The maximum absolute atomic E-state index is 14.8. The van der Waals surface area contributed by atoms with E-state index < -0.39 is 29.1 Å². The Labute approximate surface area is 231 Å². The molecule has 0 bridgehead atoms. The van der Waals surface area contributed by atoms with Crippen molar-refractivity contribution in [1.29, 1.82) is 0 Å². The van der Waals surface area contributed by atoms with Crippen molar-refractivity contribution in [2.75, 3.05) is 12.4 Å². The average molecular weight is 631 g/mol. The van der Waals surface area contributed by atoms with Gasteiger partial charge in [0.2, 0.25) is 5.91 Å². The zero-order valence-corrected chi connectivity index (χ0v) is 23.3. The fourth-order valence-electron chi connectivity index (χ4n) is 4.85. The van der Waals surface area contributed by atoms with Gasteiger partial charge in [0.15, 0.2) is 0 Å². The highest BCUT2D eigenvalue weighted by molar-refractivity contribution is 14.1. The SMILES string of the molecule is CCn1c(=O)c2c(n(-c3cccc(C(=O)NC4CC4)c3)c1=O)C(C)C(=O)N(C)C2Nc1ccc(I)cc1F. The van der Waals surface area contributed by atoms with Crippen molar-refractivity contribution in [1.82, 2.24) is 19.4 Å². The predicted molar refractivity (Wildman–Crippen MR) is 149 cm³/mol. The van der Waals surface area contributed by atoms with Crippen molar-refractivity contribution in [3.8, 4) is 5.69 Å². The highest BCUT2D eigenvalue weighted by atomic mass is 127. The Hall–Kier alpha value is -3.48. The molecule has 5 rings (SSSR count). The Morgan fingerprint density at radius 1 is 1.13 bits per heavy atom. The third-order valence-corrected chi connectivity index (χ3v) is 7.69. The van der Waals surface area contributed by atoms with E-state index in [9.17, 15) is 23.6 Å². The lowest BCUT2D eigenvalue weighted by molar-refractivity contribution is -0.134. The van der Waals surface area contributed by atoms with Gasteiger partial charge in [0.1, 0.15) is 12.0 Å². The lowest BCUT2D eigenvalue weighted by Crippen LogP contribution is -2.52. The van der Waals surface area contributed by atoms with Crippen LogP contribution in [0.1, 0.15) is 60.4 Å². The fourth-order valence-corrected chi connectivity index (χ4v) is 5.30. The van der Waals surface area contributed by atoms with E-state index in [0.717, 1.165) is 17.4 Å². The van der Waals surface area contributed by atoms with Crippen LogP contribution in [0.2, 0.25) is 0 Å². The van der Waals surface area contributed by atoms with Crippen LogP contribution in [-0.2, 0) is 11.3 Å². The summed E-state index contributed by atoms with van der Waals surface area (Å²) in [7, 11) is 1.54. The van der Waals surface area contributed by atoms with Crippen LogP contribution >= 0.6 is 22.6 Å². The predicted octanol–water partition coefficient (Wildman–Crippen LogP) is 3.34. The summed E-state index contributed by atoms with van der Waals surface area (Å²) >= 11 is 2.00. The first-order chi connectivity index (χ1) is 18.1. The molecule has 2 amide bonds. The number of carbonyl (C=O) groups is 2. The molecule has 2 aliphatic rings. The number of halogens is 2. The molecule has 1 saturated carbocycles. The van der Waals surface area contributed by atoms with Crippen molar-refractivity contribution in [2.45, 2.75) is 51.4 Å². The first-order valence-corrected chi connectivity index (χ1v) is 13.5. The molecule has 0 radical (unpaired) electrons. The molecule has 9 nitrogen and oxygen atoms in total. The number of fused-ring (bicyclic) bond motifs is 1. The Kier molecular flexibility index (Phi) is 6.88. The van der Waals surface area contributed by atoms with Crippen molar-refractivity contribution in [2.24, 2.45) is 0 Å². The molecule has 1 aliphatic carbocycles. The van der Waals surface area contributed by atoms with Crippen molar-refractivity contribution >= 4 is 40.1 Å². The number of benzene rings is 2. The zero-order valence-electron chi connectivity index (χ0n) is 21.1. The van der Waals surface area contributed by atoms with Gasteiger partial charge in [0.25, 0.3) is 11.5 Å². The summed E-state index contributed by atoms with van der Waals surface area (Å²) in [5, 5.41) is 5.95. The lowest BCUT2D eigenvalue weighted by Gasteiger charge is -2.39. The van der Waals surface area contributed by atoms with Gasteiger partial charge in [-0.15, -0.1) is 0 Å². The number of nitrogens with one attached hydrogen (secondary N) is 2. The summed E-state index contributed by atoms with van der Waals surface area (Å²) in [6.45, 7) is 3.40. The molecule has 3 aromatic rings. The number of likely N-dealkylation sites (N-methyl/N-ethyl adjacent to an activating group) is 1. The first kappa shape index (κ1) is 26.1. The summed E-state index contributed by atoms with van der Waals surface area (Å²) in [5.74, 6) is -1.97. The van der Waals surface area contributed by atoms with Crippen LogP contribution in [0.3, 0.4) is 0 Å². The van der Waals surface area contributed by atoms with Gasteiger partial charge in [-0.25, -0.2) is 9.18 Å². The number of amides is 2. The van der Waals surface area contributed by atoms with E-state index in [2.05, 4.69) is 10.6 Å². The van der Waals surface area contributed by atoms with E-state index >= 15 is 0 Å². The van der Waals surface area contributed by atoms with Crippen LogP contribution in [0.25, 0.3) is 5.69 Å². The average Bonchev–Trinajstić information content (AvgIpc) is 3.71. The molecule has 38 heavy (non-hydrogen) atoms. The van der Waals surface area contributed by atoms with Gasteiger partial charge < -0.3 is 15.5 Å². The van der Waals surface area contributed by atoms with Gasteiger partial charge in [-0.05, 0) is 85.7 Å². The van der Waals surface area contributed by atoms with E-state index in [4.69, 9.17) is 0 Å². The number of carbonyl (C=O) groups excluding carboxylic acids is 2. The van der Waals surface area contributed by atoms with Crippen LogP contribution < -0.4 is 21.9 Å². The van der Waals surface area contributed by atoms with Gasteiger partial charge >= 0.3 is 5.69 Å². The van der Waals surface area contributed by atoms with E-state index in [-0.39, 0.29) is 41.3 Å². The van der Waals surface area contributed by atoms with Gasteiger partial charge in [0, 0.05) is 28.8 Å². The molecule has 2 N–H and O–H groups in total. The van der Waals surface area contributed by atoms with E-state index in [1.165, 1.54) is 22.6 Å². The molecule has 1 aliphatic heterocycles. The van der Waals surface area contributed by atoms with Crippen molar-refractivity contribution in [3.05, 3.63) is 89.5 Å². The van der Waals surface area contributed by atoms with E-state index in [0.29, 0.717) is 14.8 Å². The smallest absolute Gasteiger partial charge is 0.335 e. The van der Waals surface area contributed by atoms with Gasteiger partial charge in [-0.1, -0.05) is 6.07 Å². The molecule has 0 saturated heterocycles. The summed E-state index contributed by atoms with van der Waals surface area (Å²) in [6, 6.07) is 11.3. The third kappa shape index (κ3) is 4.52. The Bertz CT molecular complexity index is 1580.